The molecule has 0 unspecified atom stereocenters. The quantitative estimate of drug-likeness (QED) is 0.423. The maximum atomic E-state index is 13.4. The van der Waals surface area contributed by atoms with E-state index in [2.05, 4.69) is 28.2 Å². The van der Waals surface area contributed by atoms with Gasteiger partial charge < -0.3 is 4.98 Å². The van der Waals surface area contributed by atoms with Crippen molar-refractivity contribution >= 4 is 23.2 Å². The Kier molecular flexibility index (Phi) is 3.87. The first-order chi connectivity index (χ1) is 13.3. The molecule has 0 atom stereocenters. The summed E-state index contributed by atoms with van der Waals surface area (Å²) in [6.07, 6.45) is 3.54. The molecule has 0 saturated heterocycles. The average Bonchev–Trinajstić information content (AvgIpc) is 3.18. The predicted molar refractivity (Wildman–Crippen MR) is 106 cm³/mol. The largest absolute Gasteiger partial charge is 0.345 e. The van der Waals surface area contributed by atoms with Crippen LogP contribution < -0.4 is 0 Å². The zero-order valence-electron chi connectivity index (χ0n) is 14.2. The van der Waals surface area contributed by atoms with Gasteiger partial charge in [0.25, 0.3) is 0 Å². The van der Waals surface area contributed by atoms with Gasteiger partial charge in [-0.1, -0.05) is 30.0 Å². The van der Waals surface area contributed by atoms with E-state index in [1.807, 2.05) is 24.3 Å². The van der Waals surface area contributed by atoms with Gasteiger partial charge in [0.1, 0.15) is 11.6 Å². The number of hydrogen-bond acceptors (Lipinski definition) is 3. The van der Waals surface area contributed by atoms with Gasteiger partial charge in [0.2, 0.25) is 0 Å². The molecule has 0 aliphatic carbocycles. The summed E-state index contributed by atoms with van der Waals surface area (Å²) in [5, 5.41) is 0. The molecule has 27 heavy (non-hydrogen) atoms. The summed E-state index contributed by atoms with van der Waals surface area (Å²) >= 11 is 1.69. The Morgan fingerprint density at radius 2 is 1.67 bits per heavy atom. The standard InChI is InChI=1S/C22H14FN3S/c23-16-8-5-14(6-9-16)21-17-3-1-2-4-19(17)27-20-10-7-15(13-18(20)26-21)22-24-11-12-25-22/h1-13H,(H,24,25). The van der Waals surface area contributed by atoms with Crippen LogP contribution in [0.5, 0.6) is 0 Å². The monoisotopic (exact) mass is 371 g/mol. The topological polar surface area (TPSA) is 41.0 Å². The van der Waals surface area contributed by atoms with Crippen molar-refractivity contribution in [3.05, 3.63) is 96.1 Å². The maximum Gasteiger partial charge on any atom is 0.137 e. The lowest BCUT2D eigenvalue weighted by atomic mass is 10.0. The van der Waals surface area contributed by atoms with Gasteiger partial charge in [-0.25, -0.2) is 14.4 Å². The lowest BCUT2D eigenvalue weighted by Gasteiger charge is -2.08. The summed E-state index contributed by atoms with van der Waals surface area (Å²) in [7, 11) is 0. The Labute approximate surface area is 160 Å². The molecule has 0 spiro atoms. The Balaban J connectivity index is 1.72. The van der Waals surface area contributed by atoms with Gasteiger partial charge >= 0.3 is 0 Å². The fourth-order valence-corrected chi connectivity index (χ4v) is 4.14. The van der Waals surface area contributed by atoms with E-state index < -0.39 is 0 Å². The number of aromatic nitrogens is 2. The van der Waals surface area contributed by atoms with Crippen LogP contribution in [-0.4, -0.2) is 15.7 Å². The molecule has 0 bridgehead atoms. The molecular weight excluding hydrogens is 357 g/mol. The number of fused-ring (bicyclic) bond motifs is 2. The van der Waals surface area contributed by atoms with E-state index in [4.69, 9.17) is 4.99 Å². The number of halogens is 1. The van der Waals surface area contributed by atoms with Gasteiger partial charge in [0.15, 0.2) is 0 Å². The number of aliphatic imine (C=N–C) groups is 1. The molecule has 5 rings (SSSR count). The molecular formula is C22H14FN3S. The molecule has 1 aromatic heterocycles. The first-order valence-electron chi connectivity index (χ1n) is 8.54. The molecule has 1 aliphatic rings. The van der Waals surface area contributed by atoms with Crippen LogP contribution in [0, 0.1) is 5.82 Å². The Bertz CT molecular complexity index is 1150. The lowest BCUT2D eigenvalue weighted by Crippen LogP contribution is -2.03. The van der Waals surface area contributed by atoms with Crippen LogP contribution in [0.4, 0.5) is 10.1 Å². The summed E-state index contributed by atoms with van der Waals surface area (Å²) < 4.78 is 13.4. The first kappa shape index (κ1) is 16.0. The number of rotatable bonds is 2. The highest BCUT2D eigenvalue weighted by Gasteiger charge is 2.19. The SMILES string of the molecule is Fc1ccc(C2=Nc3cc(-c4ncc[nH]4)ccc3Sc3ccccc32)cc1. The van der Waals surface area contributed by atoms with Gasteiger partial charge in [-0.2, -0.15) is 0 Å². The van der Waals surface area contributed by atoms with E-state index in [0.717, 1.165) is 43.7 Å². The van der Waals surface area contributed by atoms with Crippen LogP contribution in [0.3, 0.4) is 0 Å². The molecule has 0 amide bonds. The van der Waals surface area contributed by atoms with Crippen molar-refractivity contribution in [2.75, 3.05) is 0 Å². The van der Waals surface area contributed by atoms with Crippen molar-refractivity contribution in [3.63, 3.8) is 0 Å². The minimum Gasteiger partial charge on any atom is -0.345 e. The van der Waals surface area contributed by atoms with E-state index in [1.165, 1.54) is 12.1 Å². The predicted octanol–water partition coefficient (Wildman–Crippen LogP) is 5.85. The average molecular weight is 371 g/mol. The van der Waals surface area contributed by atoms with Gasteiger partial charge in [0.05, 0.1) is 11.4 Å². The maximum absolute atomic E-state index is 13.4. The number of H-pyrrole nitrogens is 1. The Morgan fingerprint density at radius 1 is 0.852 bits per heavy atom. The minimum absolute atomic E-state index is 0.254. The molecule has 1 N–H and O–H groups in total. The third kappa shape index (κ3) is 2.96. The van der Waals surface area contributed by atoms with E-state index >= 15 is 0 Å². The van der Waals surface area contributed by atoms with Gasteiger partial charge in [-0.05, 0) is 48.5 Å². The molecule has 0 fully saturated rings. The molecule has 130 valence electrons. The first-order valence-corrected chi connectivity index (χ1v) is 9.35. The molecule has 1 aliphatic heterocycles. The lowest BCUT2D eigenvalue weighted by molar-refractivity contribution is 0.628. The van der Waals surface area contributed by atoms with Crippen molar-refractivity contribution in [1.29, 1.82) is 0 Å². The third-order valence-electron chi connectivity index (χ3n) is 4.44. The van der Waals surface area contributed by atoms with Crippen molar-refractivity contribution in [2.24, 2.45) is 4.99 Å². The second-order valence-electron chi connectivity index (χ2n) is 6.19. The van der Waals surface area contributed by atoms with Crippen molar-refractivity contribution in [2.45, 2.75) is 9.79 Å². The van der Waals surface area contributed by atoms with Gasteiger partial charge in [0, 0.05) is 38.9 Å². The number of nitrogens with zero attached hydrogens (tertiary/aromatic N) is 2. The van der Waals surface area contributed by atoms with E-state index in [9.17, 15) is 4.39 Å². The van der Waals surface area contributed by atoms with Crippen LogP contribution in [0.2, 0.25) is 0 Å². The normalized spacial score (nSPS) is 12.7. The smallest absolute Gasteiger partial charge is 0.137 e. The van der Waals surface area contributed by atoms with E-state index in [-0.39, 0.29) is 5.82 Å². The summed E-state index contributed by atoms with van der Waals surface area (Å²) in [4.78, 5) is 14.7. The second-order valence-corrected chi connectivity index (χ2v) is 7.27. The number of benzene rings is 3. The molecule has 2 heterocycles. The second kappa shape index (κ2) is 6.52. The number of nitrogens with one attached hydrogen (secondary N) is 1. The van der Waals surface area contributed by atoms with E-state index in [0.29, 0.717) is 0 Å². The van der Waals surface area contributed by atoms with Crippen molar-refractivity contribution < 1.29 is 4.39 Å². The highest BCUT2D eigenvalue weighted by atomic mass is 32.2. The number of imidazole rings is 1. The molecule has 3 aromatic carbocycles. The summed E-state index contributed by atoms with van der Waals surface area (Å²) in [6.45, 7) is 0. The highest BCUT2D eigenvalue weighted by molar-refractivity contribution is 7.99. The zero-order valence-corrected chi connectivity index (χ0v) is 15.0. The van der Waals surface area contributed by atoms with Crippen molar-refractivity contribution in [1.82, 2.24) is 9.97 Å². The third-order valence-corrected chi connectivity index (χ3v) is 5.58. The molecule has 4 aromatic rings. The van der Waals surface area contributed by atoms with Crippen LogP contribution in [0.1, 0.15) is 11.1 Å². The van der Waals surface area contributed by atoms with Crippen LogP contribution >= 0.6 is 11.8 Å². The fraction of sp³-hybridized carbons (Fsp3) is 0. The zero-order chi connectivity index (χ0) is 18.2. The summed E-state index contributed by atoms with van der Waals surface area (Å²) in [6, 6.07) is 20.8. The molecule has 0 radical (unpaired) electrons. The van der Waals surface area contributed by atoms with E-state index in [1.54, 1.807) is 36.3 Å². The molecule has 3 nitrogen and oxygen atoms in total. The van der Waals surface area contributed by atoms with Crippen LogP contribution in [0.15, 0.2) is 93.9 Å². The Morgan fingerprint density at radius 3 is 2.48 bits per heavy atom. The molecule has 5 heteroatoms. The number of aromatic amines is 1. The minimum atomic E-state index is -0.254. The fourth-order valence-electron chi connectivity index (χ4n) is 3.14. The molecule has 0 saturated carbocycles. The van der Waals surface area contributed by atoms with Crippen LogP contribution in [0.25, 0.3) is 11.4 Å². The Hall–Kier alpha value is -3.18. The summed E-state index contributed by atoms with van der Waals surface area (Å²) in [5.41, 5.74) is 4.64. The number of hydrogen-bond donors (Lipinski definition) is 1. The highest BCUT2D eigenvalue weighted by Crippen LogP contribution is 2.42. The summed E-state index contributed by atoms with van der Waals surface area (Å²) in [5.74, 6) is 0.555. The van der Waals surface area contributed by atoms with Crippen LogP contribution in [-0.2, 0) is 0 Å². The van der Waals surface area contributed by atoms with Gasteiger partial charge in [-0.3, -0.25) is 0 Å². The van der Waals surface area contributed by atoms with Crippen molar-refractivity contribution in [3.8, 4) is 11.4 Å². The van der Waals surface area contributed by atoms with Gasteiger partial charge in [-0.15, -0.1) is 0 Å².